The van der Waals surface area contributed by atoms with E-state index < -0.39 is 0 Å². The Balaban J connectivity index is 1.47. The van der Waals surface area contributed by atoms with E-state index in [0.717, 1.165) is 17.2 Å². The summed E-state index contributed by atoms with van der Waals surface area (Å²) in [6.07, 6.45) is 1.93. The van der Waals surface area contributed by atoms with Crippen LogP contribution in [-0.4, -0.2) is 11.1 Å². The lowest BCUT2D eigenvalue weighted by Gasteiger charge is -2.34. The monoisotopic (exact) mass is 527 g/mol. The van der Waals surface area contributed by atoms with E-state index in [0.29, 0.717) is 0 Å². The number of rotatable bonds is 2. The third kappa shape index (κ3) is 3.49. The van der Waals surface area contributed by atoms with Gasteiger partial charge < -0.3 is 9.80 Å². The fraction of sp³-hybridized carbons (Fsp3) is 0.0789. The van der Waals surface area contributed by atoms with Crippen LogP contribution in [0.4, 0.5) is 22.9 Å². The van der Waals surface area contributed by atoms with Gasteiger partial charge in [0.25, 0.3) is 0 Å². The summed E-state index contributed by atoms with van der Waals surface area (Å²) in [6.45, 7) is 4.52. The maximum absolute atomic E-state index is 5.00. The molecule has 0 radical (unpaired) electrons. The van der Waals surface area contributed by atoms with Gasteiger partial charge in [0.2, 0.25) is 0 Å². The second-order valence-corrected chi connectivity index (χ2v) is 10.8. The quantitative estimate of drug-likeness (QED) is 0.223. The molecule has 41 heavy (non-hydrogen) atoms. The normalized spacial score (nSPS) is 14.7. The number of fused-ring (bicyclic) bond motifs is 9. The minimum Gasteiger partial charge on any atom is -0.317 e. The van der Waals surface area contributed by atoms with Crippen molar-refractivity contribution in [3.05, 3.63) is 139 Å². The summed E-state index contributed by atoms with van der Waals surface area (Å²) in [4.78, 5) is 9.85. The lowest BCUT2D eigenvalue weighted by Crippen LogP contribution is -2.36. The number of hydrogen-bond donors (Lipinski definition) is 0. The van der Waals surface area contributed by atoms with Gasteiger partial charge in [-0.15, -0.1) is 0 Å². The highest BCUT2D eigenvalue weighted by atomic mass is 15.4. The fourth-order valence-corrected chi connectivity index (χ4v) is 6.84. The molecule has 2 heterocycles. The molecule has 1 atom stereocenters. The first-order valence-electron chi connectivity index (χ1n) is 14.2. The number of pyridine rings is 1. The molecule has 0 unspecified atom stereocenters. The van der Waals surface area contributed by atoms with Crippen molar-refractivity contribution in [2.45, 2.75) is 20.0 Å². The molecule has 0 bridgehead atoms. The van der Waals surface area contributed by atoms with Crippen molar-refractivity contribution < 1.29 is 0 Å². The highest BCUT2D eigenvalue weighted by molar-refractivity contribution is 6.08. The average Bonchev–Trinajstić information content (AvgIpc) is 3.32. The first kappa shape index (κ1) is 23.7. The van der Waals surface area contributed by atoms with E-state index in [1.54, 1.807) is 0 Å². The summed E-state index contributed by atoms with van der Waals surface area (Å²) in [5.41, 5.74) is 14.7. The zero-order chi connectivity index (χ0) is 27.5. The molecular formula is C38H29N3. The molecule has 1 aromatic heterocycles. The maximum atomic E-state index is 5.00. The van der Waals surface area contributed by atoms with E-state index in [4.69, 9.17) is 4.98 Å². The van der Waals surface area contributed by atoms with Crippen LogP contribution in [0.15, 0.2) is 134 Å². The van der Waals surface area contributed by atoms with Gasteiger partial charge >= 0.3 is 0 Å². The molecule has 1 aliphatic heterocycles. The molecular weight excluding hydrogens is 498 g/mol. The Kier molecular flexibility index (Phi) is 5.33. The highest BCUT2D eigenvalue weighted by Crippen LogP contribution is 2.55. The molecule has 5 aromatic carbocycles. The first-order valence-corrected chi connectivity index (χ1v) is 14.2. The van der Waals surface area contributed by atoms with E-state index in [2.05, 4.69) is 145 Å². The predicted octanol–water partition coefficient (Wildman–Crippen LogP) is 10.0. The number of benzene rings is 5. The van der Waals surface area contributed by atoms with Crippen molar-refractivity contribution >= 4 is 22.9 Å². The Morgan fingerprint density at radius 2 is 1.05 bits per heavy atom. The predicted molar refractivity (Wildman–Crippen MR) is 171 cm³/mol. The Morgan fingerprint density at radius 1 is 0.512 bits per heavy atom. The van der Waals surface area contributed by atoms with Crippen LogP contribution < -0.4 is 9.80 Å². The average molecular weight is 528 g/mol. The molecule has 1 aliphatic carbocycles. The molecule has 0 spiro atoms. The van der Waals surface area contributed by atoms with Crippen LogP contribution in [0.1, 0.15) is 12.5 Å². The number of aromatic nitrogens is 1. The number of anilines is 4. The smallest absolute Gasteiger partial charge is 0.158 e. The van der Waals surface area contributed by atoms with Gasteiger partial charge in [0.15, 0.2) is 5.82 Å². The number of para-hydroxylation sites is 1. The van der Waals surface area contributed by atoms with E-state index in [-0.39, 0.29) is 6.17 Å². The Labute approximate surface area is 241 Å². The Bertz CT molecular complexity index is 1940. The van der Waals surface area contributed by atoms with Crippen molar-refractivity contribution in [1.29, 1.82) is 0 Å². The van der Waals surface area contributed by atoms with Gasteiger partial charge in [0, 0.05) is 17.4 Å². The SMILES string of the molecule is Cc1ccc2c(c1N1c3ncccc3N(c3ccccc3)[C@@H]1C)-c1ccccc1-c1ccccc1-c1ccccc1-2. The molecule has 0 amide bonds. The maximum Gasteiger partial charge on any atom is 0.158 e. The topological polar surface area (TPSA) is 19.4 Å². The lowest BCUT2D eigenvalue weighted by molar-refractivity contribution is 0.756. The van der Waals surface area contributed by atoms with Crippen LogP contribution >= 0.6 is 0 Å². The summed E-state index contributed by atoms with van der Waals surface area (Å²) < 4.78 is 0. The Morgan fingerprint density at radius 3 is 1.68 bits per heavy atom. The van der Waals surface area contributed by atoms with Crippen molar-refractivity contribution in [2.24, 2.45) is 0 Å². The van der Waals surface area contributed by atoms with Crippen LogP contribution in [-0.2, 0) is 0 Å². The van der Waals surface area contributed by atoms with Gasteiger partial charge in [0.1, 0.15) is 6.17 Å². The van der Waals surface area contributed by atoms with Gasteiger partial charge in [-0.1, -0.05) is 103 Å². The standard InChI is InChI=1S/C38H29N3/c1-25-22-23-34-32-19-9-8-17-30(32)28-15-6-7-16-29(28)31-18-10-11-20-33(31)36(34)37(25)41-26(2)40(27-13-4-3-5-14-27)35-21-12-24-39-38(35)41/h3-24,26H,1-2H3/t26-/m0/s1. The largest absolute Gasteiger partial charge is 0.317 e. The molecule has 0 N–H and O–H groups in total. The van der Waals surface area contributed by atoms with Crippen LogP contribution in [0.3, 0.4) is 0 Å². The molecule has 3 nitrogen and oxygen atoms in total. The number of aryl methyl sites for hydroxylation is 1. The molecule has 0 fully saturated rings. The van der Waals surface area contributed by atoms with E-state index in [1.165, 1.54) is 55.8 Å². The second kappa shape index (κ2) is 9.21. The number of hydrogen-bond acceptors (Lipinski definition) is 3. The summed E-state index contributed by atoms with van der Waals surface area (Å²) in [6, 6.07) is 46.0. The summed E-state index contributed by atoms with van der Waals surface area (Å²) in [5, 5.41) is 0. The summed E-state index contributed by atoms with van der Waals surface area (Å²) >= 11 is 0. The summed E-state index contributed by atoms with van der Waals surface area (Å²) in [5.74, 6) is 0.980. The van der Waals surface area contributed by atoms with E-state index in [9.17, 15) is 0 Å². The van der Waals surface area contributed by atoms with Crippen LogP contribution in [0.2, 0.25) is 0 Å². The molecule has 3 heteroatoms. The zero-order valence-electron chi connectivity index (χ0n) is 23.1. The van der Waals surface area contributed by atoms with Crippen molar-refractivity contribution in [3.8, 4) is 44.5 Å². The lowest BCUT2D eigenvalue weighted by atomic mass is 9.79. The van der Waals surface area contributed by atoms with Gasteiger partial charge in [-0.2, -0.15) is 0 Å². The first-order chi connectivity index (χ1) is 20.2. The number of nitrogens with zero attached hydrogens (tertiary/aromatic N) is 3. The molecule has 0 saturated heterocycles. The fourth-order valence-electron chi connectivity index (χ4n) is 6.84. The van der Waals surface area contributed by atoms with Crippen molar-refractivity contribution in [1.82, 2.24) is 4.98 Å². The third-order valence-corrected chi connectivity index (χ3v) is 8.58. The third-order valence-electron chi connectivity index (χ3n) is 8.58. The van der Waals surface area contributed by atoms with Crippen LogP contribution in [0, 0.1) is 6.92 Å². The van der Waals surface area contributed by atoms with Gasteiger partial charge in [-0.3, -0.25) is 0 Å². The van der Waals surface area contributed by atoms with E-state index in [1.807, 2.05) is 12.3 Å². The van der Waals surface area contributed by atoms with Crippen molar-refractivity contribution in [3.63, 3.8) is 0 Å². The molecule has 6 aromatic rings. The molecule has 196 valence electrons. The van der Waals surface area contributed by atoms with Crippen LogP contribution in [0.25, 0.3) is 44.5 Å². The zero-order valence-corrected chi connectivity index (χ0v) is 23.1. The van der Waals surface area contributed by atoms with E-state index >= 15 is 0 Å². The highest BCUT2D eigenvalue weighted by Gasteiger charge is 2.39. The molecule has 2 aliphatic rings. The van der Waals surface area contributed by atoms with Crippen molar-refractivity contribution in [2.75, 3.05) is 9.80 Å². The molecule has 0 saturated carbocycles. The summed E-state index contributed by atoms with van der Waals surface area (Å²) in [7, 11) is 0. The minimum absolute atomic E-state index is 0.0210. The van der Waals surface area contributed by atoms with Gasteiger partial charge in [-0.25, -0.2) is 4.98 Å². The Hall–Kier alpha value is -5.15. The second-order valence-electron chi connectivity index (χ2n) is 10.8. The van der Waals surface area contributed by atoms with Gasteiger partial charge in [-0.05, 0) is 82.6 Å². The van der Waals surface area contributed by atoms with Gasteiger partial charge in [0.05, 0.1) is 11.4 Å². The molecule has 8 rings (SSSR count). The van der Waals surface area contributed by atoms with Crippen LogP contribution in [0.5, 0.6) is 0 Å². The minimum atomic E-state index is 0.0210.